The molecule has 3 nitrogen and oxygen atoms in total. The van der Waals surface area contributed by atoms with Crippen molar-refractivity contribution < 1.29 is 9.47 Å². The molecular weight excluding hydrogens is 190 g/mol. The molecular formula is C12H17NO2. The maximum atomic E-state index is 5.74. The maximum Gasteiger partial charge on any atom is 0.164 e. The molecule has 0 aromatic heterocycles. The molecule has 0 aliphatic carbocycles. The smallest absolute Gasteiger partial charge is 0.164 e. The van der Waals surface area contributed by atoms with Crippen LogP contribution in [0.1, 0.15) is 11.1 Å². The molecule has 0 saturated carbocycles. The van der Waals surface area contributed by atoms with Crippen LogP contribution in [0.15, 0.2) is 12.1 Å². The average Bonchev–Trinajstić information content (AvgIpc) is 2.29. The van der Waals surface area contributed by atoms with Crippen LogP contribution in [0.3, 0.4) is 0 Å². The molecule has 15 heavy (non-hydrogen) atoms. The lowest BCUT2D eigenvalue weighted by molar-refractivity contribution is 0.232. The fourth-order valence-corrected chi connectivity index (χ4v) is 1.95. The number of fused-ring (bicyclic) bond motifs is 1. The summed E-state index contributed by atoms with van der Waals surface area (Å²) in [5.41, 5.74) is 2.53. The van der Waals surface area contributed by atoms with Crippen LogP contribution in [0.4, 0.5) is 0 Å². The van der Waals surface area contributed by atoms with Crippen LogP contribution < -0.4 is 14.8 Å². The van der Waals surface area contributed by atoms with Gasteiger partial charge < -0.3 is 14.8 Å². The number of hydrogen-bond acceptors (Lipinski definition) is 3. The minimum absolute atomic E-state index is 0.406. The third kappa shape index (κ3) is 1.79. The normalized spacial score (nSPS) is 19.3. The van der Waals surface area contributed by atoms with Crippen molar-refractivity contribution in [1.29, 1.82) is 0 Å². The lowest BCUT2D eigenvalue weighted by Gasteiger charge is -2.27. The van der Waals surface area contributed by atoms with Crippen molar-refractivity contribution in [2.45, 2.75) is 19.4 Å². The number of ether oxygens (including phenoxy) is 2. The van der Waals surface area contributed by atoms with Crippen molar-refractivity contribution in [3.63, 3.8) is 0 Å². The number of aryl methyl sites for hydroxylation is 1. The molecule has 1 unspecified atom stereocenters. The van der Waals surface area contributed by atoms with Gasteiger partial charge in [0.15, 0.2) is 11.5 Å². The van der Waals surface area contributed by atoms with Crippen LogP contribution in [-0.4, -0.2) is 26.8 Å². The lowest BCUT2D eigenvalue weighted by atomic mass is 9.97. The van der Waals surface area contributed by atoms with E-state index in [0.29, 0.717) is 12.6 Å². The topological polar surface area (TPSA) is 30.5 Å². The van der Waals surface area contributed by atoms with Crippen molar-refractivity contribution in [3.8, 4) is 11.5 Å². The summed E-state index contributed by atoms with van der Waals surface area (Å²) in [6.45, 7) is 2.82. The van der Waals surface area contributed by atoms with Crippen LogP contribution in [0.5, 0.6) is 11.5 Å². The van der Waals surface area contributed by atoms with Gasteiger partial charge in [0.2, 0.25) is 0 Å². The zero-order valence-electron chi connectivity index (χ0n) is 9.46. The second kappa shape index (κ2) is 4.11. The first-order chi connectivity index (χ1) is 7.26. The largest absolute Gasteiger partial charge is 0.493 e. The number of methoxy groups -OCH3 is 1. The summed E-state index contributed by atoms with van der Waals surface area (Å²) in [7, 11) is 3.65. The van der Waals surface area contributed by atoms with Crippen molar-refractivity contribution >= 4 is 0 Å². The predicted molar refractivity (Wildman–Crippen MR) is 59.8 cm³/mol. The first-order valence-corrected chi connectivity index (χ1v) is 5.22. The molecule has 0 fully saturated rings. The van der Waals surface area contributed by atoms with E-state index in [2.05, 4.69) is 18.3 Å². The molecule has 82 valence electrons. The Hall–Kier alpha value is -1.22. The van der Waals surface area contributed by atoms with E-state index >= 15 is 0 Å². The Kier molecular flexibility index (Phi) is 2.82. The number of likely N-dealkylation sites (N-methyl/N-ethyl adjacent to an activating group) is 1. The van der Waals surface area contributed by atoms with Gasteiger partial charge in [0.05, 0.1) is 7.11 Å². The highest BCUT2D eigenvalue weighted by Gasteiger charge is 2.22. The zero-order chi connectivity index (χ0) is 10.8. The van der Waals surface area contributed by atoms with E-state index < -0.39 is 0 Å². The quantitative estimate of drug-likeness (QED) is 0.797. The van der Waals surface area contributed by atoms with E-state index in [1.807, 2.05) is 13.1 Å². The lowest BCUT2D eigenvalue weighted by Crippen LogP contribution is -2.37. The standard InChI is InChI=1S/C12H17NO2/c1-8-4-5-11(14-3)12-10(8)6-9(13-2)7-15-12/h4-5,9,13H,6-7H2,1-3H3. The molecule has 1 N–H and O–H groups in total. The monoisotopic (exact) mass is 207 g/mol. The highest BCUT2D eigenvalue weighted by Crippen LogP contribution is 2.36. The Morgan fingerprint density at radius 3 is 2.93 bits per heavy atom. The summed E-state index contributed by atoms with van der Waals surface area (Å²) < 4.78 is 11.0. The summed E-state index contributed by atoms with van der Waals surface area (Å²) in [6, 6.07) is 4.45. The van der Waals surface area contributed by atoms with Crippen LogP contribution in [0.2, 0.25) is 0 Å². The van der Waals surface area contributed by atoms with Crippen molar-refractivity contribution in [2.75, 3.05) is 20.8 Å². The number of benzene rings is 1. The van der Waals surface area contributed by atoms with Crippen molar-refractivity contribution in [3.05, 3.63) is 23.3 Å². The summed E-state index contributed by atoms with van der Waals surface area (Å²) in [4.78, 5) is 0. The Bertz CT molecular complexity index is 363. The molecule has 0 spiro atoms. The van der Waals surface area contributed by atoms with Gasteiger partial charge in [0.25, 0.3) is 0 Å². The minimum Gasteiger partial charge on any atom is -0.493 e. The number of nitrogens with one attached hydrogen (secondary N) is 1. The number of hydrogen-bond donors (Lipinski definition) is 1. The van der Waals surface area contributed by atoms with Crippen molar-refractivity contribution in [2.24, 2.45) is 0 Å². The fourth-order valence-electron chi connectivity index (χ4n) is 1.95. The Balaban J connectivity index is 2.40. The van der Waals surface area contributed by atoms with Crippen molar-refractivity contribution in [1.82, 2.24) is 5.32 Å². The van der Waals surface area contributed by atoms with Gasteiger partial charge in [-0.25, -0.2) is 0 Å². The highest BCUT2D eigenvalue weighted by molar-refractivity contribution is 5.51. The van der Waals surface area contributed by atoms with Crippen LogP contribution in [0.25, 0.3) is 0 Å². The average molecular weight is 207 g/mol. The van der Waals surface area contributed by atoms with Gasteiger partial charge in [0, 0.05) is 11.6 Å². The first-order valence-electron chi connectivity index (χ1n) is 5.22. The first kappa shape index (κ1) is 10.3. The van der Waals surface area contributed by atoms with Gasteiger partial charge in [-0.15, -0.1) is 0 Å². The third-order valence-corrected chi connectivity index (χ3v) is 2.97. The van der Waals surface area contributed by atoms with Gasteiger partial charge in [-0.3, -0.25) is 0 Å². The van der Waals surface area contributed by atoms with Crippen LogP contribution in [-0.2, 0) is 6.42 Å². The van der Waals surface area contributed by atoms with E-state index in [1.54, 1.807) is 7.11 Å². The van der Waals surface area contributed by atoms with Crippen LogP contribution >= 0.6 is 0 Å². The molecule has 0 saturated heterocycles. The fraction of sp³-hybridized carbons (Fsp3) is 0.500. The molecule has 0 amide bonds. The molecule has 2 rings (SSSR count). The summed E-state index contributed by atoms with van der Waals surface area (Å²) in [6.07, 6.45) is 1.01. The van der Waals surface area contributed by atoms with E-state index in [1.165, 1.54) is 11.1 Å². The molecule has 1 aliphatic heterocycles. The summed E-state index contributed by atoms with van der Waals surface area (Å²) in [5.74, 6) is 1.76. The summed E-state index contributed by atoms with van der Waals surface area (Å²) in [5, 5.41) is 3.24. The van der Waals surface area contributed by atoms with Gasteiger partial charge in [-0.2, -0.15) is 0 Å². The Morgan fingerprint density at radius 1 is 1.47 bits per heavy atom. The number of rotatable bonds is 2. The minimum atomic E-state index is 0.406. The van der Waals surface area contributed by atoms with E-state index in [9.17, 15) is 0 Å². The summed E-state index contributed by atoms with van der Waals surface area (Å²) >= 11 is 0. The molecule has 1 aliphatic rings. The second-order valence-corrected chi connectivity index (χ2v) is 3.89. The SMILES string of the molecule is CNC1COc2c(OC)ccc(C)c2C1. The molecule has 1 heterocycles. The van der Waals surface area contributed by atoms with Gasteiger partial charge in [-0.05, 0) is 32.0 Å². The third-order valence-electron chi connectivity index (χ3n) is 2.97. The second-order valence-electron chi connectivity index (χ2n) is 3.89. The molecule has 1 aromatic carbocycles. The van der Waals surface area contributed by atoms with Gasteiger partial charge in [-0.1, -0.05) is 6.07 Å². The Morgan fingerprint density at radius 2 is 2.27 bits per heavy atom. The molecule has 0 radical (unpaired) electrons. The van der Waals surface area contributed by atoms with Crippen LogP contribution in [0, 0.1) is 6.92 Å². The highest BCUT2D eigenvalue weighted by atomic mass is 16.5. The Labute approximate surface area is 90.4 Å². The van der Waals surface area contributed by atoms with Gasteiger partial charge >= 0.3 is 0 Å². The van der Waals surface area contributed by atoms with Gasteiger partial charge in [0.1, 0.15) is 6.61 Å². The van der Waals surface area contributed by atoms with E-state index in [0.717, 1.165) is 17.9 Å². The molecule has 1 aromatic rings. The van der Waals surface area contributed by atoms with E-state index in [-0.39, 0.29) is 0 Å². The molecule has 3 heteroatoms. The molecule has 0 bridgehead atoms. The zero-order valence-corrected chi connectivity index (χ0v) is 9.46. The van der Waals surface area contributed by atoms with E-state index in [4.69, 9.17) is 9.47 Å². The predicted octanol–water partition coefficient (Wildman–Crippen LogP) is 1.53. The maximum absolute atomic E-state index is 5.74. The molecule has 1 atom stereocenters.